The zero-order chi connectivity index (χ0) is 47.9. The highest BCUT2D eigenvalue weighted by molar-refractivity contribution is 5.71. The van der Waals surface area contributed by atoms with Crippen molar-refractivity contribution in [2.24, 2.45) is 0 Å². The Morgan fingerprint density at radius 2 is 0.682 bits per heavy atom. The van der Waals surface area contributed by atoms with Crippen LogP contribution >= 0.6 is 0 Å². The van der Waals surface area contributed by atoms with E-state index in [0.29, 0.717) is 19.3 Å². The smallest absolute Gasteiger partial charge is 0.306 e. The molecule has 370 valence electrons. The molecule has 0 radical (unpaired) electrons. The lowest BCUT2D eigenvalue weighted by molar-refractivity contribution is -0.167. The molecule has 0 amide bonds. The highest BCUT2D eigenvalue weighted by Gasteiger charge is 2.19. The van der Waals surface area contributed by atoms with Crippen molar-refractivity contribution in [2.75, 3.05) is 13.2 Å². The van der Waals surface area contributed by atoms with Gasteiger partial charge in [-0.1, -0.05) is 225 Å². The molecule has 0 aromatic rings. The molecule has 0 aliphatic carbocycles. The largest absolute Gasteiger partial charge is 0.462 e. The Morgan fingerprint density at radius 1 is 0.333 bits per heavy atom. The number of ether oxygens (including phenoxy) is 3. The van der Waals surface area contributed by atoms with E-state index in [1.165, 1.54) is 57.8 Å². The number of hydrogen-bond acceptors (Lipinski definition) is 6. The van der Waals surface area contributed by atoms with E-state index in [0.717, 1.165) is 96.3 Å². The predicted octanol–water partition coefficient (Wildman–Crippen LogP) is 17.5. The zero-order valence-electron chi connectivity index (χ0n) is 42.1. The minimum Gasteiger partial charge on any atom is -0.462 e. The highest BCUT2D eigenvalue weighted by Crippen LogP contribution is 2.12. The zero-order valence-corrected chi connectivity index (χ0v) is 42.1. The van der Waals surface area contributed by atoms with Gasteiger partial charge < -0.3 is 14.2 Å². The summed E-state index contributed by atoms with van der Waals surface area (Å²) < 4.78 is 16.7. The summed E-state index contributed by atoms with van der Waals surface area (Å²) in [4.78, 5) is 38.0. The lowest BCUT2D eigenvalue weighted by Crippen LogP contribution is -2.30. The average molecular weight is 911 g/mol. The average Bonchev–Trinajstić information content (AvgIpc) is 3.31. The molecule has 0 aromatic heterocycles. The lowest BCUT2D eigenvalue weighted by atomic mass is 10.1. The second-order valence-corrected chi connectivity index (χ2v) is 16.8. The van der Waals surface area contributed by atoms with Gasteiger partial charge in [0.15, 0.2) is 6.10 Å². The summed E-state index contributed by atoms with van der Waals surface area (Å²) in [6.07, 6.45) is 74.4. The van der Waals surface area contributed by atoms with Crippen molar-refractivity contribution in [3.8, 4) is 0 Å². The summed E-state index contributed by atoms with van der Waals surface area (Å²) in [6.45, 7) is 6.26. The van der Waals surface area contributed by atoms with Crippen LogP contribution in [0, 0.1) is 0 Å². The first-order chi connectivity index (χ1) is 32.5. The Bertz CT molecular complexity index is 1460. The van der Waals surface area contributed by atoms with E-state index < -0.39 is 6.10 Å². The molecule has 0 rings (SSSR count). The first-order valence-electron chi connectivity index (χ1n) is 26.3. The number of carbonyl (C=O) groups excluding carboxylic acids is 3. The molecule has 1 atom stereocenters. The molecule has 0 bridgehead atoms. The molecule has 0 saturated carbocycles. The minimum absolute atomic E-state index is 0.124. The fourth-order valence-corrected chi connectivity index (χ4v) is 6.63. The Hall–Kier alpha value is -4.45. The molecule has 1 unspecified atom stereocenters. The second-order valence-electron chi connectivity index (χ2n) is 16.8. The van der Waals surface area contributed by atoms with Gasteiger partial charge in [-0.3, -0.25) is 14.4 Å². The van der Waals surface area contributed by atoms with Crippen LogP contribution in [0.3, 0.4) is 0 Å². The van der Waals surface area contributed by atoms with Crippen LogP contribution in [0.2, 0.25) is 0 Å². The highest BCUT2D eigenvalue weighted by atomic mass is 16.6. The van der Waals surface area contributed by atoms with E-state index in [1.54, 1.807) is 0 Å². The molecular formula is C60H94O6. The molecule has 6 heteroatoms. The summed E-state index contributed by atoms with van der Waals surface area (Å²) in [5.41, 5.74) is 0. The Morgan fingerprint density at radius 3 is 1.20 bits per heavy atom. The molecule has 0 saturated heterocycles. The van der Waals surface area contributed by atoms with Crippen molar-refractivity contribution in [1.82, 2.24) is 0 Å². The molecule has 0 heterocycles. The molecule has 0 aromatic carbocycles. The Balaban J connectivity index is 4.55. The lowest BCUT2D eigenvalue weighted by Gasteiger charge is -2.18. The predicted molar refractivity (Wildman–Crippen MR) is 283 cm³/mol. The molecule has 66 heavy (non-hydrogen) atoms. The maximum atomic E-state index is 12.8. The van der Waals surface area contributed by atoms with Crippen molar-refractivity contribution in [1.29, 1.82) is 0 Å². The topological polar surface area (TPSA) is 78.9 Å². The standard InChI is InChI=1S/C60H94O6/c1-4-7-10-13-16-19-22-25-27-29-30-31-33-35-38-41-44-47-50-53-59(62)65-56-57(55-64-58(61)52-49-46-43-40-37-34-24-21-18-15-12-9-6-3)66-60(63)54-51-48-45-42-39-36-32-28-26-23-20-17-14-11-8-5-2/h7,9-10,12,15-16,18-19,21,24-25,27-28,30-32,34,36-37,39-40,43,57H,4-6,8,11,13-14,17,20,22-23,26,29,33,35,38,41-42,44-56H2,1-3H3/b10-7+,12-9+,18-15+,19-16+,24-21+,27-25+,31-30+,32-28+,37-34+,39-36+,43-40+. The van der Waals surface area contributed by atoms with Crippen LogP contribution in [0.15, 0.2) is 134 Å². The normalized spacial score (nSPS) is 13.2. The monoisotopic (exact) mass is 911 g/mol. The summed E-state index contributed by atoms with van der Waals surface area (Å²) >= 11 is 0. The first-order valence-corrected chi connectivity index (χ1v) is 26.3. The summed E-state index contributed by atoms with van der Waals surface area (Å²) in [5.74, 6) is -1.05. The minimum atomic E-state index is -0.832. The van der Waals surface area contributed by atoms with E-state index in [-0.39, 0.29) is 44.0 Å². The van der Waals surface area contributed by atoms with Gasteiger partial charge in [-0.15, -0.1) is 0 Å². The van der Waals surface area contributed by atoms with Gasteiger partial charge in [-0.2, -0.15) is 0 Å². The van der Waals surface area contributed by atoms with Crippen LogP contribution in [-0.2, 0) is 28.6 Å². The van der Waals surface area contributed by atoms with Gasteiger partial charge >= 0.3 is 17.9 Å². The van der Waals surface area contributed by atoms with E-state index >= 15 is 0 Å². The number of hydrogen-bond donors (Lipinski definition) is 0. The van der Waals surface area contributed by atoms with E-state index in [1.807, 2.05) is 54.7 Å². The third kappa shape index (κ3) is 50.5. The van der Waals surface area contributed by atoms with Crippen LogP contribution in [-0.4, -0.2) is 37.2 Å². The number of carbonyl (C=O) groups is 3. The van der Waals surface area contributed by atoms with Gasteiger partial charge in [-0.05, 0) is 96.3 Å². The number of esters is 3. The SMILES string of the molecule is CC/C=C/C=C/C=C/C=C/C=C/CCCC(=O)OCC(COC(=O)CCCCCCCC/C=C/C/C=C/C/C=C/C/C=C/CC)OC(=O)CCCCC/C=C/C=C/CCCCCCCCC. The van der Waals surface area contributed by atoms with Gasteiger partial charge in [-0.25, -0.2) is 0 Å². The van der Waals surface area contributed by atoms with Crippen LogP contribution in [0.25, 0.3) is 0 Å². The van der Waals surface area contributed by atoms with Crippen LogP contribution in [0.5, 0.6) is 0 Å². The molecule has 0 fully saturated rings. The fraction of sp³-hybridized carbons (Fsp3) is 0.583. The fourth-order valence-electron chi connectivity index (χ4n) is 6.63. The molecule has 0 spiro atoms. The number of rotatable bonds is 45. The number of unbranched alkanes of at least 4 members (excludes halogenated alkanes) is 17. The second kappa shape index (κ2) is 53.2. The molecular weight excluding hydrogens is 817 g/mol. The van der Waals surface area contributed by atoms with Crippen molar-refractivity contribution < 1.29 is 28.6 Å². The van der Waals surface area contributed by atoms with Gasteiger partial charge in [0.05, 0.1) is 0 Å². The third-order valence-corrected chi connectivity index (χ3v) is 10.5. The molecule has 0 N–H and O–H groups in total. The van der Waals surface area contributed by atoms with E-state index in [9.17, 15) is 14.4 Å². The maximum absolute atomic E-state index is 12.8. The van der Waals surface area contributed by atoms with Gasteiger partial charge in [0.2, 0.25) is 0 Å². The van der Waals surface area contributed by atoms with Crippen LogP contribution in [0.4, 0.5) is 0 Å². The van der Waals surface area contributed by atoms with Crippen LogP contribution in [0.1, 0.15) is 207 Å². The third-order valence-electron chi connectivity index (χ3n) is 10.5. The van der Waals surface area contributed by atoms with Gasteiger partial charge in [0, 0.05) is 19.3 Å². The van der Waals surface area contributed by atoms with Crippen molar-refractivity contribution in [2.45, 2.75) is 213 Å². The van der Waals surface area contributed by atoms with Crippen molar-refractivity contribution in [3.05, 3.63) is 134 Å². The summed E-state index contributed by atoms with van der Waals surface area (Å²) in [6, 6.07) is 0. The molecule has 0 aliphatic rings. The molecule has 0 aliphatic heterocycles. The summed E-state index contributed by atoms with van der Waals surface area (Å²) in [7, 11) is 0. The Kier molecular flexibility index (Phi) is 49.6. The van der Waals surface area contributed by atoms with Crippen LogP contribution < -0.4 is 0 Å². The van der Waals surface area contributed by atoms with Crippen molar-refractivity contribution >= 4 is 17.9 Å². The Labute approximate surface area is 405 Å². The maximum Gasteiger partial charge on any atom is 0.306 e. The van der Waals surface area contributed by atoms with E-state index in [2.05, 4.69) is 99.8 Å². The van der Waals surface area contributed by atoms with Crippen molar-refractivity contribution in [3.63, 3.8) is 0 Å². The molecule has 6 nitrogen and oxygen atoms in total. The van der Waals surface area contributed by atoms with Gasteiger partial charge in [0.1, 0.15) is 13.2 Å². The summed E-state index contributed by atoms with van der Waals surface area (Å²) in [5, 5.41) is 0. The van der Waals surface area contributed by atoms with E-state index in [4.69, 9.17) is 14.2 Å². The number of allylic oxidation sites excluding steroid dienone is 22. The quantitative estimate of drug-likeness (QED) is 0.0199. The van der Waals surface area contributed by atoms with Gasteiger partial charge in [0.25, 0.3) is 0 Å². The first kappa shape index (κ1) is 61.5.